The van der Waals surface area contributed by atoms with Crippen LogP contribution in [0.1, 0.15) is 18.5 Å². The Labute approximate surface area is 159 Å². The van der Waals surface area contributed by atoms with Crippen LogP contribution in [0, 0.1) is 5.92 Å². The van der Waals surface area contributed by atoms with Crippen molar-refractivity contribution in [1.82, 2.24) is 10.2 Å². The summed E-state index contributed by atoms with van der Waals surface area (Å²) in [5, 5.41) is 3.41. The van der Waals surface area contributed by atoms with Crippen LogP contribution in [0.2, 0.25) is 0 Å². The minimum atomic E-state index is -0.0319. The van der Waals surface area contributed by atoms with E-state index in [0.29, 0.717) is 0 Å². The average molecular weight is 371 g/mol. The van der Waals surface area contributed by atoms with Crippen LogP contribution in [-0.2, 0) is 4.79 Å². The summed E-state index contributed by atoms with van der Waals surface area (Å²) in [6, 6.07) is 18.2. The molecule has 1 N–H and O–H groups in total. The zero-order valence-corrected chi connectivity index (χ0v) is 16.2. The van der Waals surface area contributed by atoms with Crippen LogP contribution in [0.5, 0.6) is 5.75 Å². The first-order valence-electron chi connectivity index (χ1n) is 9.02. The molecule has 2 aromatic rings. The molecule has 138 valence electrons. The van der Waals surface area contributed by atoms with Gasteiger partial charge in [0.2, 0.25) is 5.91 Å². The minimum Gasteiger partial charge on any atom is -0.496 e. The fourth-order valence-corrected chi connectivity index (χ4v) is 4.21. The number of carbonyl (C=O) groups excluding carboxylic acids is 1. The van der Waals surface area contributed by atoms with Crippen LogP contribution in [0.4, 0.5) is 0 Å². The highest BCUT2D eigenvalue weighted by molar-refractivity contribution is 7.99. The Morgan fingerprint density at radius 2 is 1.96 bits per heavy atom. The third-order valence-electron chi connectivity index (χ3n) is 4.69. The van der Waals surface area contributed by atoms with E-state index in [0.717, 1.165) is 36.7 Å². The van der Waals surface area contributed by atoms with Gasteiger partial charge in [-0.2, -0.15) is 0 Å². The van der Waals surface area contributed by atoms with Crippen LogP contribution in [0.3, 0.4) is 0 Å². The van der Waals surface area contributed by atoms with Crippen molar-refractivity contribution in [1.29, 1.82) is 0 Å². The molecule has 5 heteroatoms. The monoisotopic (exact) mass is 370 g/mol. The number of thioether (sulfide) groups is 1. The first-order valence-corrected chi connectivity index (χ1v) is 10.0. The number of benzene rings is 2. The Morgan fingerprint density at radius 3 is 2.73 bits per heavy atom. The minimum absolute atomic E-state index is 0.0107. The third-order valence-corrected chi connectivity index (χ3v) is 5.96. The summed E-state index contributed by atoms with van der Waals surface area (Å²) in [5.74, 6) is 1.80. The predicted molar refractivity (Wildman–Crippen MR) is 107 cm³/mol. The molecule has 0 radical (unpaired) electrons. The molecular formula is C21H26N2O2S. The van der Waals surface area contributed by atoms with Crippen LogP contribution < -0.4 is 10.1 Å². The molecule has 26 heavy (non-hydrogen) atoms. The molecule has 1 aliphatic heterocycles. The highest BCUT2D eigenvalue weighted by atomic mass is 32.2. The number of hydrogen-bond acceptors (Lipinski definition) is 4. The predicted octanol–water partition coefficient (Wildman–Crippen LogP) is 3.60. The summed E-state index contributed by atoms with van der Waals surface area (Å²) in [7, 11) is 1.68. The van der Waals surface area contributed by atoms with Gasteiger partial charge in [-0.05, 0) is 18.2 Å². The number of piperazine rings is 1. The number of rotatable bonds is 6. The van der Waals surface area contributed by atoms with Crippen molar-refractivity contribution in [2.75, 3.05) is 32.5 Å². The topological polar surface area (TPSA) is 41.6 Å². The Balaban J connectivity index is 1.71. The highest BCUT2D eigenvalue weighted by Crippen LogP contribution is 2.31. The van der Waals surface area contributed by atoms with E-state index < -0.39 is 0 Å². The number of nitrogens with zero attached hydrogens (tertiary/aromatic N) is 1. The quantitative estimate of drug-likeness (QED) is 0.789. The summed E-state index contributed by atoms with van der Waals surface area (Å²) in [6.07, 6.45) is 0. The molecule has 1 aliphatic rings. The maximum Gasteiger partial charge on any atom is 0.226 e. The van der Waals surface area contributed by atoms with Crippen LogP contribution in [0.15, 0.2) is 59.5 Å². The Kier molecular flexibility index (Phi) is 6.58. The van der Waals surface area contributed by atoms with Crippen molar-refractivity contribution in [3.05, 3.63) is 60.2 Å². The van der Waals surface area contributed by atoms with Crippen molar-refractivity contribution in [3.8, 4) is 5.75 Å². The van der Waals surface area contributed by atoms with E-state index in [2.05, 4.69) is 23.5 Å². The van der Waals surface area contributed by atoms with E-state index in [1.165, 1.54) is 4.90 Å². The SMILES string of the molecule is COc1ccccc1C1CNCCN1C(=O)C(C)CSc1ccccc1. The second-order valence-corrected chi connectivity index (χ2v) is 7.61. The van der Waals surface area contributed by atoms with Gasteiger partial charge in [-0.25, -0.2) is 0 Å². The number of amides is 1. The number of ether oxygens (including phenoxy) is 1. The number of methoxy groups -OCH3 is 1. The van der Waals surface area contributed by atoms with E-state index in [4.69, 9.17) is 4.74 Å². The lowest BCUT2D eigenvalue weighted by Crippen LogP contribution is -2.50. The first kappa shape index (κ1) is 18.8. The zero-order valence-electron chi connectivity index (χ0n) is 15.4. The van der Waals surface area contributed by atoms with E-state index in [-0.39, 0.29) is 17.9 Å². The van der Waals surface area contributed by atoms with Gasteiger partial charge in [0.25, 0.3) is 0 Å². The van der Waals surface area contributed by atoms with Crippen LogP contribution in [0.25, 0.3) is 0 Å². The van der Waals surface area contributed by atoms with Crippen molar-refractivity contribution in [3.63, 3.8) is 0 Å². The van der Waals surface area contributed by atoms with Crippen LogP contribution >= 0.6 is 11.8 Å². The summed E-state index contributed by atoms with van der Waals surface area (Å²) >= 11 is 1.74. The fraction of sp³-hybridized carbons (Fsp3) is 0.381. The van der Waals surface area contributed by atoms with E-state index in [1.54, 1.807) is 18.9 Å². The molecule has 3 rings (SSSR count). The molecule has 0 aliphatic carbocycles. The maximum atomic E-state index is 13.1. The second-order valence-electron chi connectivity index (χ2n) is 6.52. The van der Waals surface area contributed by atoms with Crippen molar-refractivity contribution in [2.45, 2.75) is 17.9 Å². The number of para-hydroxylation sites is 1. The summed E-state index contributed by atoms with van der Waals surface area (Å²) in [5.41, 5.74) is 1.07. The Bertz CT molecular complexity index is 723. The second kappa shape index (κ2) is 9.10. The molecular weight excluding hydrogens is 344 g/mol. The summed E-state index contributed by atoms with van der Waals surface area (Å²) < 4.78 is 5.52. The number of hydrogen-bond donors (Lipinski definition) is 1. The smallest absolute Gasteiger partial charge is 0.226 e. The molecule has 4 nitrogen and oxygen atoms in total. The molecule has 2 unspecified atom stereocenters. The van der Waals surface area contributed by atoms with Crippen LogP contribution in [-0.4, -0.2) is 43.3 Å². The normalized spacial score (nSPS) is 18.4. The molecule has 0 spiro atoms. The van der Waals surface area contributed by atoms with Gasteiger partial charge in [0.15, 0.2) is 0 Å². The molecule has 1 heterocycles. The Hall–Kier alpha value is -1.98. The van der Waals surface area contributed by atoms with Gasteiger partial charge in [0.1, 0.15) is 5.75 Å². The molecule has 0 bridgehead atoms. The van der Waals surface area contributed by atoms with Gasteiger partial charge >= 0.3 is 0 Å². The Morgan fingerprint density at radius 1 is 1.23 bits per heavy atom. The largest absolute Gasteiger partial charge is 0.496 e. The van der Waals surface area contributed by atoms with E-state index >= 15 is 0 Å². The molecule has 2 aromatic carbocycles. The standard InChI is InChI=1S/C21H26N2O2S/c1-16(15-26-17-8-4-3-5-9-17)21(24)23-13-12-22-14-19(23)18-10-6-7-11-20(18)25-2/h3-11,16,19,22H,12-15H2,1-2H3. The van der Waals surface area contributed by atoms with Crippen molar-refractivity contribution >= 4 is 17.7 Å². The summed E-state index contributed by atoms with van der Waals surface area (Å²) in [6.45, 7) is 4.34. The zero-order chi connectivity index (χ0) is 18.4. The molecule has 1 fully saturated rings. The average Bonchev–Trinajstić information content (AvgIpc) is 2.72. The molecule has 1 saturated heterocycles. The molecule has 0 aromatic heterocycles. The van der Waals surface area contributed by atoms with Gasteiger partial charge in [-0.1, -0.05) is 43.3 Å². The van der Waals surface area contributed by atoms with Gasteiger partial charge in [-0.3, -0.25) is 4.79 Å². The lowest BCUT2D eigenvalue weighted by molar-refractivity contribution is -0.137. The van der Waals surface area contributed by atoms with E-state index in [9.17, 15) is 4.79 Å². The third kappa shape index (κ3) is 4.40. The van der Waals surface area contributed by atoms with Crippen molar-refractivity contribution in [2.24, 2.45) is 5.92 Å². The fourth-order valence-electron chi connectivity index (χ4n) is 3.28. The van der Waals surface area contributed by atoms with Gasteiger partial charge < -0.3 is 15.0 Å². The lowest BCUT2D eigenvalue weighted by atomic mass is 10.00. The van der Waals surface area contributed by atoms with Gasteiger partial charge in [-0.15, -0.1) is 11.8 Å². The maximum absolute atomic E-state index is 13.1. The van der Waals surface area contributed by atoms with E-state index in [1.807, 2.05) is 48.2 Å². The summed E-state index contributed by atoms with van der Waals surface area (Å²) in [4.78, 5) is 16.4. The number of nitrogens with one attached hydrogen (secondary N) is 1. The number of carbonyl (C=O) groups is 1. The van der Waals surface area contributed by atoms with Gasteiger partial charge in [0, 0.05) is 41.8 Å². The molecule has 2 atom stereocenters. The highest BCUT2D eigenvalue weighted by Gasteiger charge is 2.32. The van der Waals surface area contributed by atoms with Crippen molar-refractivity contribution < 1.29 is 9.53 Å². The molecule has 0 saturated carbocycles. The van der Waals surface area contributed by atoms with Gasteiger partial charge in [0.05, 0.1) is 13.2 Å². The lowest BCUT2D eigenvalue weighted by Gasteiger charge is -2.38. The molecule has 1 amide bonds. The first-order chi connectivity index (χ1) is 12.7.